The van der Waals surface area contributed by atoms with Gasteiger partial charge in [0, 0.05) is 42.3 Å². The van der Waals surface area contributed by atoms with Crippen molar-refractivity contribution in [2.45, 2.75) is 45.5 Å². The van der Waals surface area contributed by atoms with Crippen LogP contribution in [0.3, 0.4) is 0 Å². The maximum Gasteiger partial charge on any atom is 0.405 e. The molecular weight excluding hydrogens is 267 g/mol. The molecule has 1 aliphatic carbocycles. The third-order valence-corrected chi connectivity index (χ3v) is 3.35. The molecule has 1 aliphatic rings. The topological polar surface area (TPSA) is 28.2 Å². The van der Waals surface area contributed by atoms with Gasteiger partial charge >= 0.3 is 6.18 Å². The molecule has 1 saturated carbocycles. The van der Waals surface area contributed by atoms with Crippen LogP contribution in [0, 0.1) is 6.92 Å². The van der Waals surface area contributed by atoms with E-state index in [0.29, 0.717) is 24.8 Å². The molecule has 0 unspecified atom stereocenters. The third kappa shape index (κ3) is 4.37. The Morgan fingerprint density at radius 3 is 2.65 bits per heavy atom. The number of anilines is 1. The zero-order chi connectivity index (χ0) is 14.8. The Balaban J connectivity index is 2.18. The Hall–Kier alpha value is -1.30. The zero-order valence-electron chi connectivity index (χ0n) is 11.8. The molecule has 3 nitrogen and oxygen atoms in total. The average Bonchev–Trinajstić information content (AvgIpc) is 3.17. The van der Waals surface area contributed by atoms with Crippen LogP contribution in [0.25, 0.3) is 0 Å². The molecule has 1 N–H and O–H groups in total. The Morgan fingerprint density at radius 2 is 2.10 bits per heavy atom. The maximum atomic E-state index is 12.7. The summed E-state index contributed by atoms with van der Waals surface area (Å²) < 4.78 is 38.0. The number of hydrogen-bond donors (Lipinski definition) is 1. The molecule has 2 rings (SSSR count). The fourth-order valence-corrected chi connectivity index (χ4v) is 2.13. The minimum Gasteiger partial charge on any atom is -0.363 e. The molecule has 112 valence electrons. The lowest BCUT2D eigenvalue weighted by molar-refractivity contribution is -0.119. The van der Waals surface area contributed by atoms with Crippen molar-refractivity contribution in [2.75, 3.05) is 18.0 Å². The van der Waals surface area contributed by atoms with Crippen molar-refractivity contribution in [2.24, 2.45) is 0 Å². The van der Waals surface area contributed by atoms with Crippen LogP contribution in [0.4, 0.5) is 18.9 Å². The van der Waals surface area contributed by atoms with Gasteiger partial charge in [-0.05, 0) is 32.8 Å². The highest BCUT2D eigenvalue weighted by molar-refractivity contribution is 5.53. The highest BCUT2D eigenvalue weighted by Gasteiger charge is 2.31. The molecule has 0 radical (unpaired) electrons. The molecule has 1 aromatic rings. The maximum absolute atomic E-state index is 12.7. The van der Waals surface area contributed by atoms with Gasteiger partial charge < -0.3 is 10.2 Å². The standard InChI is InChI=1S/C14H20F3N3/c1-3-20(9-14(15,16)17)13-6-10(2)18-7-11(13)8-19-12-4-5-12/h6-7,12,19H,3-5,8-9H2,1-2H3. The minimum absolute atomic E-state index is 0.319. The molecule has 0 spiro atoms. The number of rotatable bonds is 6. The SMILES string of the molecule is CCN(CC(F)(F)F)c1cc(C)ncc1CNC1CC1. The lowest BCUT2D eigenvalue weighted by Crippen LogP contribution is -2.35. The van der Waals surface area contributed by atoms with Crippen LogP contribution in [0.15, 0.2) is 12.3 Å². The first-order valence-electron chi connectivity index (χ1n) is 6.89. The third-order valence-electron chi connectivity index (χ3n) is 3.35. The van der Waals surface area contributed by atoms with E-state index in [4.69, 9.17) is 0 Å². The lowest BCUT2D eigenvalue weighted by atomic mass is 10.1. The summed E-state index contributed by atoms with van der Waals surface area (Å²) in [7, 11) is 0. The number of aromatic nitrogens is 1. The second-order valence-electron chi connectivity index (χ2n) is 5.24. The summed E-state index contributed by atoms with van der Waals surface area (Å²) in [6.45, 7) is 3.49. The molecule has 1 aromatic heterocycles. The van der Waals surface area contributed by atoms with Crippen molar-refractivity contribution >= 4 is 5.69 Å². The first-order chi connectivity index (χ1) is 9.39. The van der Waals surface area contributed by atoms with Crippen molar-refractivity contribution in [1.82, 2.24) is 10.3 Å². The highest BCUT2D eigenvalue weighted by atomic mass is 19.4. The van der Waals surface area contributed by atoms with E-state index in [-0.39, 0.29) is 0 Å². The molecule has 0 saturated heterocycles. The van der Waals surface area contributed by atoms with Crippen molar-refractivity contribution in [3.05, 3.63) is 23.5 Å². The van der Waals surface area contributed by atoms with Gasteiger partial charge in [-0.3, -0.25) is 4.98 Å². The monoisotopic (exact) mass is 287 g/mol. The predicted octanol–water partition coefficient (Wildman–Crippen LogP) is 3.03. The van der Waals surface area contributed by atoms with Gasteiger partial charge in [-0.15, -0.1) is 0 Å². The smallest absolute Gasteiger partial charge is 0.363 e. The summed E-state index contributed by atoms with van der Waals surface area (Å²) in [5, 5.41) is 3.33. The van der Waals surface area contributed by atoms with Gasteiger partial charge in [0.2, 0.25) is 0 Å². The molecule has 0 bridgehead atoms. The number of aryl methyl sites for hydroxylation is 1. The van der Waals surface area contributed by atoms with Crippen LogP contribution < -0.4 is 10.2 Å². The summed E-state index contributed by atoms with van der Waals surface area (Å²) in [5.74, 6) is 0. The largest absolute Gasteiger partial charge is 0.405 e. The van der Waals surface area contributed by atoms with Crippen LogP contribution in [0.1, 0.15) is 31.0 Å². The quantitative estimate of drug-likeness (QED) is 0.871. The Bertz CT molecular complexity index is 455. The molecule has 0 aliphatic heterocycles. The van der Waals surface area contributed by atoms with E-state index in [1.165, 1.54) is 4.90 Å². The highest BCUT2D eigenvalue weighted by Crippen LogP contribution is 2.27. The van der Waals surface area contributed by atoms with Crippen LogP contribution in [0.5, 0.6) is 0 Å². The van der Waals surface area contributed by atoms with Gasteiger partial charge in [0.25, 0.3) is 0 Å². The van der Waals surface area contributed by atoms with Crippen molar-refractivity contribution in [1.29, 1.82) is 0 Å². The van der Waals surface area contributed by atoms with Gasteiger partial charge in [0.1, 0.15) is 6.54 Å². The summed E-state index contributed by atoms with van der Waals surface area (Å²) >= 11 is 0. The zero-order valence-corrected chi connectivity index (χ0v) is 11.8. The molecule has 0 aromatic carbocycles. The van der Waals surface area contributed by atoms with Crippen molar-refractivity contribution in [3.63, 3.8) is 0 Å². The van der Waals surface area contributed by atoms with E-state index in [9.17, 15) is 13.2 Å². The fraction of sp³-hybridized carbons (Fsp3) is 0.643. The van der Waals surface area contributed by atoms with Crippen LogP contribution in [0.2, 0.25) is 0 Å². The second-order valence-corrected chi connectivity index (χ2v) is 5.24. The summed E-state index contributed by atoms with van der Waals surface area (Å²) in [4.78, 5) is 5.56. The Kier molecular flexibility index (Phi) is 4.52. The molecular formula is C14H20F3N3. The summed E-state index contributed by atoms with van der Waals surface area (Å²) in [5.41, 5.74) is 2.19. The number of hydrogen-bond acceptors (Lipinski definition) is 3. The number of alkyl halides is 3. The summed E-state index contributed by atoms with van der Waals surface area (Å²) in [6.07, 6.45) is -0.225. The van der Waals surface area contributed by atoms with E-state index in [1.807, 2.05) is 0 Å². The Labute approximate surface area is 117 Å². The Morgan fingerprint density at radius 1 is 1.40 bits per heavy atom. The number of pyridine rings is 1. The lowest BCUT2D eigenvalue weighted by Gasteiger charge is -2.27. The molecule has 1 fully saturated rings. The van der Waals surface area contributed by atoms with Crippen LogP contribution >= 0.6 is 0 Å². The van der Waals surface area contributed by atoms with Crippen LogP contribution in [-0.2, 0) is 6.54 Å². The molecule has 20 heavy (non-hydrogen) atoms. The summed E-state index contributed by atoms with van der Waals surface area (Å²) in [6, 6.07) is 2.25. The number of nitrogens with one attached hydrogen (secondary N) is 1. The van der Waals surface area contributed by atoms with E-state index in [0.717, 1.165) is 24.1 Å². The van der Waals surface area contributed by atoms with Crippen molar-refractivity contribution < 1.29 is 13.2 Å². The second kappa shape index (κ2) is 5.99. The average molecular weight is 287 g/mol. The first kappa shape index (κ1) is 15.1. The van der Waals surface area contributed by atoms with E-state index in [2.05, 4.69) is 10.3 Å². The minimum atomic E-state index is -4.20. The van der Waals surface area contributed by atoms with Gasteiger partial charge in [-0.25, -0.2) is 0 Å². The van der Waals surface area contributed by atoms with Crippen molar-refractivity contribution in [3.8, 4) is 0 Å². The molecule has 1 heterocycles. The van der Waals surface area contributed by atoms with Gasteiger partial charge in [-0.1, -0.05) is 0 Å². The molecule has 6 heteroatoms. The number of halogens is 3. The van der Waals surface area contributed by atoms with E-state index >= 15 is 0 Å². The molecule has 0 amide bonds. The van der Waals surface area contributed by atoms with E-state index in [1.54, 1.807) is 26.1 Å². The number of nitrogens with zero attached hydrogens (tertiary/aromatic N) is 2. The van der Waals surface area contributed by atoms with Gasteiger partial charge in [0.15, 0.2) is 0 Å². The first-order valence-corrected chi connectivity index (χ1v) is 6.89. The van der Waals surface area contributed by atoms with Gasteiger partial charge in [0.05, 0.1) is 0 Å². The van der Waals surface area contributed by atoms with E-state index < -0.39 is 12.7 Å². The fourth-order valence-electron chi connectivity index (χ4n) is 2.13. The molecule has 0 atom stereocenters. The van der Waals surface area contributed by atoms with Gasteiger partial charge in [-0.2, -0.15) is 13.2 Å². The predicted molar refractivity (Wildman–Crippen MR) is 72.8 cm³/mol. The normalized spacial score (nSPS) is 15.4. The van der Waals surface area contributed by atoms with Crippen LogP contribution in [-0.4, -0.2) is 30.3 Å².